The maximum absolute atomic E-state index is 14.0. The summed E-state index contributed by atoms with van der Waals surface area (Å²) in [6.07, 6.45) is 2.48. The average molecular weight is 423 g/mol. The Morgan fingerprint density at radius 1 is 1.34 bits per heavy atom. The topological polar surface area (TPSA) is 95.2 Å². The number of halogens is 1. The zero-order valence-corrected chi connectivity index (χ0v) is 17.6. The average Bonchev–Trinajstić information content (AvgIpc) is 3.02. The summed E-state index contributed by atoms with van der Waals surface area (Å²) in [7, 11) is -3.87. The van der Waals surface area contributed by atoms with Crippen molar-refractivity contribution in [1.29, 1.82) is 0 Å². The van der Waals surface area contributed by atoms with Crippen LogP contribution in [0.15, 0.2) is 29.2 Å². The molecule has 0 aliphatic carbocycles. The number of benzene rings is 1. The maximum atomic E-state index is 14.0. The summed E-state index contributed by atoms with van der Waals surface area (Å²) in [6, 6.07) is 5.44. The molecule has 1 fully saturated rings. The van der Waals surface area contributed by atoms with E-state index in [4.69, 9.17) is 0 Å². The van der Waals surface area contributed by atoms with Crippen LogP contribution >= 0.6 is 0 Å². The molecule has 1 saturated heterocycles. The first-order chi connectivity index (χ1) is 13.8. The molecule has 0 radical (unpaired) electrons. The molecule has 1 aliphatic heterocycles. The Kier molecular flexibility index (Phi) is 6.69. The van der Waals surface area contributed by atoms with Crippen LogP contribution in [-0.4, -0.2) is 41.9 Å². The molecule has 29 heavy (non-hydrogen) atoms. The first kappa shape index (κ1) is 21.4. The second kappa shape index (κ2) is 9.04. The first-order valence-electron chi connectivity index (χ1n) is 9.81. The van der Waals surface area contributed by atoms with Crippen molar-refractivity contribution in [2.24, 2.45) is 5.92 Å². The predicted octanol–water partition coefficient (Wildman–Crippen LogP) is 2.66. The van der Waals surface area contributed by atoms with Gasteiger partial charge in [-0.25, -0.2) is 12.8 Å². The van der Waals surface area contributed by atoms with Crippen LogP contribution < -0.4 is 5.32 Å². The molecule has 2 heterocycles. The van der Waals surface area contributed by atoms with Gasteiger partial charge in [-0.1, -0.05) is 12.1 Å². The van der Waals surface area contributed by atoms with Gasteiger partial charge in [0.05, 0.1) is 5.69 Å². The monoisotopic (exact) mass is 422 g/mol. The minimum Gasteiger partial charge on any atom is -0.352 e. The third-order valence-electron chi connectivity index (χ3n) is 5.46. The van der Waals surface area contributed by atoms with Crippen LogP contribution in [0, 0.1) is 25.6 Å². The fourth-order valence-corrected chi connectivity index (χ4v) is 5.34. The maximum Gasteiger partial charge on any atom is 0.245 e. The largest absolute Gasteiger partial charge is 0.352 e. The fourth-order valence-electron chi connectivity index (χ4n) is 3.72. The molecule has 1 aliphatic rings. The number of aromatic nitrogens is 2. The van der Waals surface area contributed by atoms with Gasteiger partial charge in [0.25, 0.3) is 0 Å². The van der Waals surface area contributed by atoms with Crippen molar-refractivity contribution in [3.05, 3.63) is 47.0 Å². The Balaban J connectivity index is 1.53. The fraction of sp³-hybridized carbons (Fsp3) is 0.500. The first-order valence-corrected chi connectivity index (χ1v) is 11.2. The number of hydrogen-bond acceptors (Lipinski definition) is 4. The second-order valence-electron chi connectivity index (χ2n) is 7.53. The number of aromatic amines is 1. The van der Waals surface area contributed by atoms with E-state index in [1.165, 1.54) is 22.5 Å². The molecular weight excluding hydrogens is 395 g/mol. The minimum atomic E-state index is -3.87. The third kappa shape index (κ3) is 5.02. The van der Waals surface area contributed by atoms with Crippen molar-refractivity contribution >= 4 is 15.9 Å². The van der Waals surface area contributed by atoms with E-state index in [1.807, 2.05) is 13.8 Å². The Hall–Kier alpha value is -2.26. The number of H-pyrrole nitrogens is 1. The number of carbonyl (C=O) groups is 1. The van der Waals surface area contributed by atoms with Crippen molar-refractivity contribution in [2.45, 2.75) is 51.0 Å². The highest BCUT2D eigenvalue weighted by atomic mass is 32.2. The summed E-state index contributed by atoms with van der Waals surface area (Å²) in [5, 5.41) is 9.90. The molecule has 2 N–H and O–H groups in total. The van der Waals surface area contributed by atoms with Gasteiger partial charge in [-0.15, -0.1) is 0 Å². The van der Waals surface area contributed by atoms with E-state index in [9.17, 15) is 17.6 Å². The van der Waals surface area contributed by atoms with Crippen molar-refractivity contribution in [3.8, 4) is 0 Å². The number of piperidine rings is 1. The van der Waals surface area contributed by atoms with Crippen LogP contribution in [0.2, 0.25) is 0 Å². The zero-order valence-electron chi connectivity index (χ0n) is 16.7. The highest BCUT2D eigenvalue weighted by Gasteiger charge is 2.32. The SMILES string of the molecule is Cc1n[nH]c(C)c1CNC(=O)CCC1CCCN(S(=O)(=O)c2ccccc2F)C1. The van der Waals surface area contributed by atoms with Crippen molar-refractivity contribution in [3.63, 3.8) is 0 Å². The number of aryl methyl sites for hydroxylation is 2. The summed E-state index contributed by atoms with van der Waals surface area (Å²) < 4.78 is 40.9. The third-order valence-corrected chi connectivity index (χ3v) is 7.36. The van der Waals surface area contributed by atoms with Crippen LogP contribution in [0.3, 0.4) is 0 Å². The molecule has 0 bridgehead atoms. The van der Waals surface area contributed by atoms with Crippen LogP contribution in [0.1, 0.15) is 42.6 Å². The van der Waals surface area contributed by atoms with Crippen LogP contribution in [0.5, 0.6) is 0 Å². The molecule has 1 aromatic heterocycles. The van der Waals surface area contributed by atoms with E-state index in [0.29, 0.717) is 38.9 Å². The number of nitrogens with one attached hydrogen (secondary N) is 2. The molecule has 7 nitrogen and oxygen atoms in total. The van der Waals surface area contributed by atoms with Gasteiger partial charge in [0.1, 0.15) is 10.7 Å². The van der Waals surface area contributed by atoms with Gasteiger partial charge < -0.3 is 5.32 Å². The molecule has 0 spiro atoms. The normalized spacial score (nSPS) is 18.0. The molecule has 0 saturated carbocycles. The van der Waals surface area contributed by atoms with E-state index < -0.39 is 15.8 Å². The molecule has 158 valence electrons. The van der Waals surface area contributed by atoms with Gasteiger partial charge in [0.2, 0.25) is 15.9 Å². The molecule has 1 amide bonds. The number of sulfonamides is 1. The summed E-state index contributed by atoms with van der Waals surface area (Å²) in [5.41, 5.74) is 2.78. The molecule has 2 aromatic rings. The smallest absolute Gasteiger partial charge is 0.245 e. The van der Waals surface area contributed by atoms with E-state index in [-0.39, 0.29) is 16.7 Å². The molecule has 9 heteroatoms. The standard InChI is InChI=1S/C20H27FN4O3S/c1-14-17(15(2)24-23-14)12-22-20(26)10-9-16-6-5-11-25(13-16)29(27,28)19-8-4-3-7-18(19)21/h3-4,7-8,16H,5-6,9-13H2,1-2H3,(H,22,26)(H,23,24). The molecule has 1 aromatic carbocycles. The summed E-state index contributed by atoms with van der Waals surface area (Å²) in [4.78, 5) is 11.9. The van der Waals surface area contributed by atoms with Crippen LogP contribution in [-0.2, 0) is 21.4 Å². The van der Waals surface area contributed by atoms with E-state index in [0.717, 1.165) is 29.4 Å². The Labute approximate surface area is 170 Å². The van der Waals surface area contributed by atoms with Gasteiger partial charge >= 0.3 is 0 Å². The Bertz CT molecular complexity index is 954. The van der Waals surface area contributed by atoms with Crippen molar-refractivity contribution < 1.29 is 17.6 Å². The lowest BCUT2D eigenvalue weighted by Crippen LogP contribution is -2.40. The Morgan fingerprint density at radius 3 is 2.79 bits per heavy atom. The molecule has 1 atom stereocenters. The number of nitrogens with zero attached hydrogens (tertiary/aromatic N) is 2. The summed E-state index contributed by atoms with van der Waals surface area (Å²) in [6.45, 7) is 4.90. The highest BCUT2D eigenvalue weighted by molar-refractivity contribution is 7.89. The van der Waals surface area contributed by atoms with Gasteiger partial charge in [-0.2, -0.15) is 9.40 Å². The van der Waals surface area contributed by atoms with Gasteiger partial charge in [-0.3, -0.25) is 9.89 Å². The summed E-state index contributed by atoms with van der Waals surface area (Å²) >= 11 is 0. The molecular formula is C20H27FN4O3S. The molecule has 1 unspecified atom stereocenters. The predicted molar refractivity (Wildman–Crippen MR) is 107 cm³/mol. The highest BCUT2D eigenvalue weighted by Crippen LogP contribution is 2.27. The van der Waals surface area contributed by atoms with E-state index in [2.05, 4.69) is 15.5 Å². The summed E-state index contributed by atoms with van der Waals surface area (Å²) in [5.74, 6) is -0.730. The van der Waals surface area contributed by atoms with Crippen LogP contribution in [0.25, 0.3) is 0 Å². The number of amides is 1. The minimum absolute atomic E-state index is 0.0703. The Morgan fingerprint density at radius 2 is 2.10 bits per heavy atom. The quantitative estimate of drug-likeness (QED) is 0.717. The second-order valence-corrected chi connectivity index (χ2v) is 9.44. The van der Waals surface area contributed by atoms with Gasteiger partial charge in [0.15, 0.2) is 0 Å². The lowest BCUT2D eigenvalue weighted by Gasteiger charge is -2.32. The lowest BCUT2D eigenvalue weighted by atomic mass is 9.94. The van der Waals surface area contributed by atoms with Crippen molar-refractivity contribution in [1.82, 2.24) is 19.8 Å². The molecule has 3 rings (SSSR count). The zero-order chi connectivity index (χ0) is 21.0. The lowest BCUT2D eigenvalue weighted by molar-refractivity contribution is -0.121. The van der Waals surface area contributed by atoms with Crippen LogP contribution in [0.4, 0.5) is 4.39 Å². The van der Waals surface area contributed by atoms with Crippen molar-refractivity contribution in [2.75, 3.05) is 13.1 Å². The van der Waals surface area contributed by atoms with E-state index >= 15 is 0 Å². The van der Waals surface area contributed by atoms with E-state index in [1.54, 1.807) is 0 Å². The van der Waals surface area contributed by atoms with Gasteiger partial charge in [-0.05, 0) is 51.2 Å². The van der Waals surface area contributed by atoms with Gasteiger partial charge in [0, 0.05) is 37.3 Å². The number of hydrogen-bond donors (Lipinski definition) is 2. The number of rotatable bonds is 7. The number of carbonyl (C=O) groups excluding carboxylic acids is 1.